The Morgan fingerprint density at radius 1 is 1.20 bits per heavy atom. The standard InChI is InChI=1S/C22H24Br2ClN3O2/c1-2-30-22(29)28-7-5-12(6-8-28)18-17-13(10-16(25)20(26)19(17)24)3-4-14-9-15(23)11-27-21(14)18/h9-11,22,29H,2-8,26H2,1H3. The zero-order chi connectivity index (χ0) is 21.4. The van der Waals surface area contributed by atoms with E-state index in [9.17, 15) is 5.11 Å². The number of aliphatic hydroxyl groups excluding tert-OH is 1. The van der Waals surface area contributed by atoms with Crippen LogP contribution in [0.4, 0.5) is 5.69 Å². The summed E-state index contributed by atoms with van der Waals surface area (Å²) in [5.74, 6) is 0. The summed E-state index contributed by atoms with van der Waals surface area (Å²) in [7, 11) is 0. The monoisotopic (exact) mass is 555 g/mol. The second kappa shape index (κ2) is 9.27. The number of nitrogens with zero attached hydrogens (tertiary/aromatic N) is 2. The molecule has 0 amide bonds. The van der Waals surface area contributed by atoms with Gasteiger partial charge in [-0.15, -0.1) is 0 Å². The highest BCUT2D eigenvalue weighted by molar-refractivity contribution is 9.11. The van der Waals surface area contributed by atoms with Crippen LogP contribution in [0.5, 0.6) is 0 Å². The largest absolute Gasteiger partial charge is 0.397 e. The molecule has 2 heterocycles. The fourth-order valence-corrected chi connectivity index (χ4v) is 5.68. The molecule has 1 atom stereocenters. The number of nitrogens with two attached hydrogens (primary N) is 1. The Labute approximate surface area is 198 Å². The Morgan fingerprint density at radius 2 is 1.90 bits per heavy atom. The molecule has 2 aliphatic rings. The number of fused-ring (bicyclic) bond motifs is 2. The fourth-order valence-electron chi connectivity index (χ4n) is 4.30. The lowest BCUT2D eigenvalue weighted by atomic mass is 9.88. The number of nitrogen functional groups attached to an aromatic ring is 1. The van der Waals surface area contributed by atoms with Crippen LogP contribution in [0.25, 0.3) is 5.57 Å². The normalized spacial score (nSPS) is 18.0. The molecule has 3 N–H and O–H groups in total. The number of halogens is 3. The van der Waals surface area contributed by atoms with Crippen LogP contribution < -0.4 is 5.73 Å². The summed E-state index contributed by atoms with van der Waals surface area (Å²) < 4.78 is 7.17. The number of piperidine rings is 1. The van der Waals surface area contributed by atoms with E-state index in [2.05, 4.69) is 37.9 Å². The van der Waals surface area contributed by atoms with E-state index < -0.39 is 6.41 Å². The molecule has 0 saturated carbocycles. The lowest BCUT2D eigenvalue weighted by molar-refractivity contribution is -0.192. The van der Waals surface area contributed by atoms with E-state index in [1.54, 1.807) is 0 Å². The number of likely N-dealkylation sites (tertiary alicyclic amines) is 1. The van der Waals surface area contributed by atoms with Crippen molar-refractivity contribution >= 4 is 54.7 Å². The number of benzene rings is 1. The Hall–Kier alpha value is -0.960. The van der Waals surface area contributed by atoms with Crippen LogP contribution in [0.1, 0.15) is 42.1 Å². The molecule has 8 heteroatoms. The van der Waals surface area contributed by atoms with Crippen LogP contribution in [-0.2, 0) is 17.6 Å². The van der Waals surface area contributed by atoms with Crippen LogP contribution in [0.3, 0.4) is 0 Å². The third-order valence-electron chi connectivity index (χ3n) is 5.80. The first-order valence-electron chi connectivity index (χ1n) is 10.1. The number of aryl methyl sites for hydroxylation is 2. The molecule has 0 radical (unpaired) electrons. The maximum Gasteiger partial charge on any atom is 0.216 e. The van der Waals surface area contributed by atoms with Gasteiger partial charge in [0, 0.05) is 41.5 Å². The molecule has 1 saturated heterocycles. The van der Waals surface area contributed by atoms with Crippen molar-refractivity contribution in [3.05, 3.63) is 60.3 Å². The van der Waals surface area contributed by atoms with Crippen molar-refractivity contribution in [2.75, 3.05) is 25.4 Å². The molecule has 1 aliphatic heterocycles. The maximum absolute atomic E-state index is 10.2. The molecule has 2 aromatic rings. The van der Waals surface area contributed by atoms with Gasteiger partial charge in [-0.3, -0.25) is 9.88 Å². The van der Waals surface area contributed by atoms with E-state index in [0.717, 1.165) is 64.5 Å². The van der Waals surface area contributed by atoms with Crippen molar-refractivity contribution in [1.82, 2.24) is 9.88 Å². The van der Waals surface area contributed by atoms with E-state index in [1.807, 2.05) is 24.1 Å². The number of aliphatic hydroxyl groups is 1. The van der Waals surface area contributed by atoms with Crippen LogP contribution in [-0.4, -0.2) is 41.1 Å². The molecule has 160 valence electrons. The van der Waals surface area contributed by atoms with E-state index in [1.165, 1.54) is 16.7 Å². The number of anilines is 1. The van der Waals surface area contributed by atoms with Gasteiger partial charge >= 0.3 is 0 Å². The van der Waals surface area contributed by atoms with Gasteiger partial charge in [-0.05, 0) is 87.7 Å². The number of hydrogen-bond donors (Lipinski definition) is 2. The van der Waals surface area contributed by atoms with Gasteiger partial charge < -0.3 is 15.6 Å². The molecule has 0 spiro atoms. The lowest BCUT2D eigenvalue weighted by Crippen LogP contribution is -2.41. The number of rotatable bonds is 3. The fraction of sp³-hybridized carbons (Fsp3) is 0.409. The van der Waals surface area contributed by atoms with Crippen LogP contribution in [0.2, 0.25) is 5.02 Å². The maximum atomic E-state index is 10.2. The molecular weight excluding hydrogens is 534 g/mol. The average Bonchev–Trinajstić information content (AvgIpc) is 2.89. The number of ether oxygens (including phenoxy) is 1. The summed E-state index contributed by atoms with van der Waals surface area (Å²) in [6.45, 7) is 3.82. The van der Waals surface area contributed by atoms with Gasteiger partial charge in [0.15, 0.2) is 0 Å². The first-order chi connectivity index (χ1) is 14.4. The summed E-state index contributed by atoms with van der Waals surface area (Å²) in [5.41, 5.74) is 13.8. The molecular formula is C22H24Br2ClN3O2. The van der Waals surface area contributed by atoms with E-state index in [0.29, 0.717) is 17.3 Å². The van der Waals surface area contributed by atoms with Gasteiger partial charge in [0.2, 0.25) is 6.41 Å². The molecule has 4 rings (SSSR count). The lowest BCUT2D eigenvalue weighted by Gasteiger charge is -2.33. The van der Waals surface area contributed by atoms with Crippen molar-refractivity contribution in [1.29, 1.82) is 0 Å². The first-order valence-corrected chi connectivity index (χ1v) is 12.0. The van der Waals surface area contributed by atoms with Gasteiger partial charge in [0.1, 0.15) is 0 Å². The summed E-state index contributed by atoms with van der Waals surface area (Å²) in [6.07, 6.45) is 4.39. The predicted molar refractivity (Wildman–Crippen MR) is 127 cm³/mol. The second-order valence-corrected chi connectivity index (χ2v) is 9.69. The number of hydrogen-bond acceptors (Lipinski definition) is 5. The molecule has 1 fully saturated rings. The minimum Gasteiger partial charge on any atom is -0.397 e. The van der Waals surface area contributed by atoms with Gasteiger partial charge in [0.25, 0.3) is 0 Å². The van der Waals surface area contributed by atoms with Crippen molar-refractivity contribution < 1.29 is 9.84 Å². The smallest absolute Gasteiger partial charge is 0.216 e. The Balaban J connectivity index is 1.85. The predicted octanol–water partition coefficient (Wildman–Crippen LogP) is 5.15. The second-order valence-electron chi connectivity index (χ2n) is 7.58. The van der Waals surface area contributed by atoms with Crippen LogP contribution in [0.15, 0.2) is 32.8 Å². The van der Waals surface area contributed by atoms with Gasteiger partial charge in [-0.1, -0.05) is 17.2 Å². The van der Waals surface area contributed by atoms with Crippen LogP contribution in [0, 0.1) is 0 Å². The van der Waals surface area contributed by atoms with Gasteiger partial charge in [0.05, 0.1) is 20.9 Å². The number of aromatic nitrogens is 1. The third-order valence-corrected chi connectivity index (χ3v) is 7.37. The minimum absolute atomic E-state index is 0.484. The van der Waals surface area contributed by atoms with E-state index >= 15 is 0 Å². The quantitative estimate of drug-likeness (QED) is 0.404. The van der Waals surface area contributed by atoms with Crippen LogP contribution >= 0.6 is 43.5 Å². The summed E-state index contributed by atoms with van der Waals surface area (Å²) in [6, 6.07) is 4.15. The molecule has 30 heavy (non-hydrogen) atoms. The number of pyridine rings is 1. The van der Waals surface area contributed by atoms with Gasteiger partial charge in [-0.25, -0.2) is 0 Å². The summed E-state index contributed by atoms with van der Waals surface area (Å²) >= 11 is 13.7. The molecule has 0 bridgehead atoms. The van der Waals surface area contributed by atoms with Crippen molar-refractivity contribution in [2.24, 2.45) is 0 Å². The zero-order valence-corrected chi connectivity index (χ0v) is 20.6. The Morgan fingerprint density at radius 3 is 2.60 bits per heavy atom. The molecule has 5 nitrogen and oxygen atoms in total. The molecule has 1 aliphatic carbocycles. The molecule has 1 aromatic heterocycles. The summed E-state index contributed by atoms with van der Waals surface area (Å²) in [5, 5.41) is 10.8. The Bertz CT molecular complexity index is 1000. The highest BCUT2D eigenvalue weighted by atomic mass is 79.9. The third kappa shape index (κ3) is 4.20. The SMILES string of the molecule is CCOC(O)N1CCC(=C2c3ncc(Br)cc3CCc3cc(Cl)c(N)c(Br)c32)CC1. The minimum atomic E-state index is -0.856. The topological polar surface area (TPSA) is 71.6 Å². The van der Waals surface area contributed by atoms with Crippen molar-refractivity contribution in [2.45, 2.75) is 39.0 Å². The average molecular weight is 558 g/mol. The highest BCUT2D eigenvalue weighted by Crippen LogP contribution is 2.45. The van der Waals surface area contributed by atoms with Crippen molar-refractivity contribution in [3.8, 4) is 0 Å². The first kappa shape index (κ1) is 22.2. The van der Waals surface area contributed by atoms with E-state index in [-0.39, 0.29) is 0 Å². The molecule has 1 unspecified atom stereocenters. The van der Waals surface area contributed by atoms with Crippen molar-refractivity contribution in [3.63, 3.8) is 0 Å². The van der Waals surface area contributed by atoms with Gasteiger partial charge in [-0.2, -0.15) is 0 Å². The summed E-state index contributed by atoms with van der Waals surface area (Å²) in [4.78, 5) is 6.79. The highest BCUT2D eigenvalue weighted by Gasteiger charge is 2.29. The zero-order valence-electron chi connectivity index (χ0n) is 16.7. The van der Waals surface area contributed by atoms with E-state index in [4.69, 9.17) is 27.1 Å². The molecule has 1 aromatic carbocycles. The Kier molecular flexibility index (Phi) is 6.87.